The summed E-state index contributed by atoms with van der Waals surface area (Å²) in [5.74, 6) is -42.4. The molecule has 8 aromatic rings. The summed E-state index contributed by atoms with van der Waals surface area (Å²) in [6.45, 7) is 0. The first kappa shape index (κ1) is 38.0. The molecule has 1 aliphatic rings. The van der Waals surface area contributed by atoms with E-state index in [2.05, 4.69) is 0 Å². The fourth-order valence-electron chi connectivity index (χ4n) is 7.40. The largest absolute Gasteiger partial charge is 0.864 e. The van der Waals surface area contributed by atoms with Crippen LogP contribution in [0.2, 0.25) is 0 Å². The van der Waals surface area contributed by atoms with Crippen LogP contribution in [0.25, 0.3) is 54.2 Å². The van der Waals surface area contributed by atoms with Gasteiger partial charge in [-0.25, -0.2) is 57.1 Å². The van der Waals surface area contributed by atoms with Crippen molar-refractivity contribution in [2.45, 2.75) is 6.42 Å². The van der Waals surface area contributed by atoms with Crippen LogP contribution in [-0.4, -0.2) is 7.32 Å². The Morgan fingerprint density at radius 2 is 0.847 bits per heavy atom. The third kappa shape index (κ3) is 5.06. The number of benzene rings is 8. The van der Waals surface area contributed by atoms with Crippen LogP contribution < -0.4 is 14.0 Å². The third-order valence-electron chi connectivity index (χ3n) is 9.91. The second-order valence-corrected chi connectivity index (χ2v) is 13.0. The van der Waals surface area contributed by atoms with Crippen LogP contribution in [0, 0.1) is 93.1 Å². The molecule has 0 saturated heterocycles. The van der Waals surface area contributed by atoms with Gasteiger partial charge in [0.05, 0.1) is 21.5 Å². The van der Waals surface area contributed by atoms with Gasteiger partial charge in [-0.2, -0.15) is 13.2 Å². The van der Waals surface area contributed by atoms with Crippen LogP contribution in [-0.2, 0) is 6.42 Å². The number of fused-ring (bicyclic) bond motifs is 4. The molecule has 0 aromatic heterocycles. The van der Waals surface area contributed by atoms with Crippen molar-refractivity contribution in [2.24, 2.45) is 0 Å². The van der Waals surface area contributed by atoms with Gasteiger partial charge >= 0.3 is 7.32 Å². The monoisotopic (exact) mass is 840 g/mol. The van der Waals surface area contributed by atoms with Crippen LogP contribution in [0.1, 0.15) is 11.1 Å². The van der Waals surface area contributed by atoms with Gasteiger partial charge in [-0.1, -0.05) is 24.3 Å². The lowest BCUT2D eigenvalue weighted by atomic mass is 9.92. The zero-order chi connectivity index (χ0) is 42.3. The molecule has 0 N–H and O–H groups in total. The molecule has 9 rings (SSSR count). The quantitative estimate of drug-likeness (QED) is 0.0549. The predicted molar refractivity (Wildman–Crippen MR) is 176 cm³/mol. The molecular formula is C39H9BF16O3. The van der Waals surface area contributed by atoms with Crippen molar-refractivity contribution in [3.8, 4) is 28.4 Å². The highest BCUT2D eigenvalue weighted by Crippen LogP contribution is 2.49. The maximum atomic E-state index is 16.1. The Kier molecular flexibility index (Phi) is 8.33. The van der Waals surface area contributed by atoms with E-state index < -0.39 is 178 Å². The predicted octanol–water partition coefficient (Wildman–Crippen LogP) is 12.1. The lowest BCUT2D eigenvalue weighted by Crippen LogP contribution is -2.38. The van der Waals surface area contributed by atoms with Gasteiger partial charge in [-0.3, -0.25) is 0 Å². The maximum absolute atomic E-state index is 16.1. The number of hydrogen-bond acceptors (Lipinski definition) is 3. The Morgan fingerprint density at radius 1 is 0.356 bits per heavy atom. The summed E-state index contributed by atoms with van der Waals surface area (Å²) in [5.41, 5.74) is -2.58. The number of hydrogen-bond donors (Lipinski definition) is 0. The molecule has 0 spiro atoms. The molecule has 20 heteroatoms. The van der Waals surface area contributed by atoms with E-state index in [4.69, 9.17) is 14.0 Å². The Balaban J connectivity index is 1.33. The number of rotatable bonds is 6. The van der Waals surface area contributed by atoms with Gasteiger partial charge < -0.3 is 14.0 Å². The van der Waals surface area contributed by atoms with E-state index in [1.807, 2.05) is 0 Å². The number of halogens is 16. The molecule has 8 aromatic carbocycles. The fraction of sp³-hybridized carbons (Fsp3) is 0.0256. The van der Waals surface area contributed by atoms with E-state index in [9.17, 15) is 30.7 Å². The molecule has 0 fully saturated rings. The average molecular weight is 840 g/mol. The first-order valence-electron chi connectivity index (χ1n) is 16.4. The van der Waals surface area contributed by atoms with Crippen molar-refractivity contribution in [3.05, 3.63) is 147 Å². The zero-order valence-electron chi connectivity index (χ0n) is 28.1. The summed E-state index contributed by atoms with van der Waals surface area (Å²) in [7, 11) is -3.41. The normalized spacial score (nSPS) is 12.3. The van der Waals surface area contributed by atoms with E-state index >= 15 is 39.5 Å². The first-order valence-corrected chi connectivity index (χ1v) is 16.4. The highest BCUT2D eigenvalue weighted by atomic mass is 19.2. The van der Waals surface area contributed by atoms with Crippen LogP contribution in [0.15, 0.2) is 42.5 Å². The van der Waals surface area contributed by atoms with Crippen molar-refractivity contribution < 1.29 is 84.2 Å². The molecule has 0 atom stereocenters. The van der Waals surface area contributed by atoms with Crippen LogP contribution in [0.3, 0.4) is 0 Å². The first-order chi connectivity index (χ1) is 28.0. The van der Waals surface area contributed by atoms with Crippen molar-refractivity contribution in [1.29, 1.82) is 0 Å². The van der Waals surface area contributed by atoms with E-state index in [1.54, 1.807) is 0 Å². The SMILES string of the molecule is Fc1cccc2c1-c1c(F)c(F)c(F)c(OB(Oc3c(F)c(F)c4c(F)c(F)c5c(F)ccc6ccc3c4c65)Oc3c(F)c(F)c(F)c4c(F)c(F)c(F)c(F)c34)c1C2. The van der Waals surface area contributed by atoms with Crippen LogP contribution >= 0.6 is 0 Å². The minimum absolute atomic E-state index is 0.118. The topological polar surface area (TPSA) is 27.7 Å². The fourth-order valence-corrected chi connectivity index (χ4v) is 7.40. The standard InChI is InChI=1S/C39H9BF16O3/c41-13-3-1-2-10-8-12-18(15(10)13)23(43)32(52)35(55)38(12)58-40(59-39-22-21(27(47)33(53)36(39)56)26(46)30(50)31(51)29(22)49)57-37-11-6-4-9-5-7-14(42)19-16(9)17(11)20(25(45)24(19)44)28(48)34(37)54/h1-7H,8H2. The minimum Gasteiger partial charge on any atom is -0.486 e. The Bertz CT molecular complexity index is 3200. The Labute approximate surface area is 316 Å². The summed E-state index contributed by atoms with van der Waals surface area (Å²) >= 11 is 0. The van der Waals surface area contributed by atoms with E-state index in [0.29, 0.717) is 6.07 Å². The molecule has 0 saturated carbocycles. The van der Waals surface area contributed by atoms with Gasteiger partial charge in [-0.05, 0) is 29.1 Å². The minimum atomic E-state index is -3.41. The smallest absolute Gasteiger partial charge is 0.486 e. The van der Waals surface area contributed by atoms with E-state index in [-0.39, 0.29) is 10.9 Å². The van der Waals surface area contributed by atoms with Crippen molar-refractivity contribution in [1.82, 2.24) is 0 Å². The molecule has 3 nitrogen and oxygen atoms in total. The van der Waals surface area contributed by atoms with Crippen LogP contribution in [0.4, 0.5) is 70.2 Å². The summed E-state index contributed by atoms with van der Waals surface area (Å²) in [5, 5.41) is -9.18. The zero-order valence-corrected chi connectivity index (χ0v) is 28.1. The summed E-state index contributed by atoms with van der Waals surface area (Å²) < 4.78 is 259. The second kappa shape index (κ2) is 13.0. The molecule has 298 valence electrons. The molecule has 0 heterocycles. The molecule has 0 radical (unpaired) electrons. The van der Waals surface area contributed by atoms with Crippen molar-refractivity contribution >= 4 is 50.4 Å². The molecule has 1 aliphatic carbocycles. The maximum Gasteiger partial charge on any atom is 0.864 e. The van der Waals surface area contributed by atoms with Gasteiger partial charge in [-0.15, -0.1) is 0 Å². The Morgan fingerprint density at radius 3 is 1.54 bits per heavy atom. The van der Waals surface area contributed by atoms with Crippen molar-refractivity contribution in [3.63, 3.8) is 0 Å². The lowest BCUT2D eigenvalue weighted by Gasteiger charge is -2.23. The van der Waals surface area contributed by atoms with Gasteiger partial charge in [0.2, 0.25) is 11.6 Å². The van der Waals surface area contributed by atoms with Gasteiger partial charge in [0, 0.05) is 39.3 Å². The molecular weight excluding hydrogens is 831 g/mol. The summed E-state index contributed by atoms with van der Waals surface area (Å²) in [6.07, 6.45) is -0.719. The molecule has 0 amide bonds. The van der Waals surface area contributed by atoms with Gasteiger partial charge in [0.25, 0.3) is 0 Å². The molecule has 0 aliphatic heterocycles. The van der Waals surface area contributed by atoms with Gasteiger partial charge in [0.1, 0.15) is 17.4 Å². The van der Waals surface area contributed by atoms with E-state index in [0.717, 1.165) is 30.3 Å². The third-order valence-corrected chi connectivity index (χ3v) is 9.91. The molecule has 59 heavy (non-hydrogen) atoms. The second-order valence-electron chi connectivity index (χ2n) is 13.0. The van der Waals surface area contributed by atoms with Crippen molar-refractivity contribution in [2.75, 3.05) is 0 Å². The lowest BCUT2D eigenvalue weighted by molar-refractivity contribution is 0.281. The van der Waals surface area contributed by atoms with E-state index in [1.165, 1.54) is 6.07 Å². The van der Waals surface area contributed by atoms with Gasteiger partial charge in [0.15, 0.2) is 81.3 Å². The summed E-state index contributed by atoms with van der Waals surface area (Å²) in [6, 6.07) is 6.62. The van der Waals surface area contributed by atoms with Crippen LogP contribution in [0.5, 0.6) is 17.2 Å². The molecule has 0 unspecified atom stereocenters. The molecule has 0 bridgehead atoms. The highest BCUT2D eigenvalue weighted by molar-refractivity contribution is 6.40. The average Bonchev–Trinajstić information content (AvgIpc) is 3.61. The highest BCUT2D eigenvalue weighted by Gasteiger charge is 2.43. The summed E-state index contributed by atoms with van der Waals surface area (Å²) in [4.78, 5) is 0. The Hall–Kier alpha value is -6.60.